The van der Waals surface area contributed by atoms with E-state index in [1.165, 1.54) is 37.7 Å². The summed E-state index contributed by atoms with van der Waals surface area (Å²) in [6, 6.07) is 8.31. The Balaban J connectivity index is 0.00000320. The number of hydrogen-bond acceptors (Lipinski definition) is 4. The fraction of sp³-hybridized carbons (Fsp3) is 0.565. The van der Waals surface area contributed by atoms with Crippen LogP contribution in [0.25, 0.3) is 0 Å². The highest BCUT2D eigenvalue weighted by molar-refractivity contribution is 14.0. The number of ether oxygens (including phenoxy) is 1. The number of benzene rings is 1. The summed E-state index contributed by atoms with van der Waals surface area (Å²) in [5.74, 6) is 3.21. The van der Waals surface area contributed by atoms with E-state index >= 15 is 0 Å². The van der Waals surface area contributed by atoms with Crippen molar-refractivity contribution in [3.63, 3.8) is 0 Å². The lowest BCUT2D eigenvalue weighted by Gasteiger charge is -2.23. The number of rotatable bonds is 6. The first kappa shape index (κ1) is 24.5. The number of nitrogens with zero attached hydrogens (tertiary/aromatic N) is 2. The van der Waals surface area contributed by atoms with E-state index in [0.717, 1.165) is 11.5 Å². The molecular formula is C23H35IN4O2. The summed E-state index contributed by atoms with van der Waals surface area (Å²) in [6.45, 7) is 7.50. The zero-order chi connectivity index (χ0) is 20.7. The fourth-order valence-corrected chi connectivity index (χ4v) is 3.37. The van der Waals surface area contributed by atoms with Crippen LogP contribution in [0.1, 0.15) is 70.1 Å². The smallest absolute Gasteiger partial charge is 0.213 e. The molecule has 30 heavy (non-hydrogen) atoms. The molecule has 2 N–H and O–H groups in total. The molecule has 3 rings (SSSR count). The second kappa shape index (κ2) is 11.6. The number of halogens is 1. The van der Waals surface area contributed by atoms with Crippen LogP contribution in [0.2, 0.25) is 0 Å². The second-order valence-electron chi connectivity index (χ2n) is 8.67. The van der Waals surface area contributed by atoms with Crippen molar-refractivity contribution < 1.29 is 9.15 Å². The van der Waals surface area contributed by atoms with Gasteiger partial charge in [0.1, 0.15) is 11.5 Å². The molecule has 1 aliphatic rings. The van der Waals surface area contributed by atoms with Crippen LogP contribution in [0.5, 0.6) is 5.75 Å². The zero-order valence-electron chi connectivity index (χ0n) is 18.5. The van der Waals surface area contributed by atoms with Gasteiger partial charge in [-0.3, -0.25) is 4.99 Å². The summed E-state index contributed by atoms with van der Waals surface area (Å²) < 4.78 is 11.9. The Morgan fingerprint density at radius 1 is 1.10 bits per heavy atom. The van der Waals surface area contributed by atoms with E-state index in [-0.39, 0.29) is 29.4 Å². The second-order valence-corrected chi connectivity index (χ2v) is 8.67. The topological polar surface area (TPSA) is 71.7 Å². The maximum Gasteiger partial charge on any atom is 0.213 e. The van der Waals surface area contributed by atoms with Crippen LogP contribution in [-0.2, 0) is 18.5 Å². The molecule has 0 saturated heterocycles. The predicted molar refractivity (Wildman–Crippen MR) is 132 cm³/mol. The summed E-state index contributed by atoms with van der Waals surface area (Å²) in [4.78, 5) is 8.61. The molecule has 2 aromatic rings. The molecule has 1 aliphatic carbocycles. The van der Waals surface area contributed by atoms with Crippen molar-refractivity contribution in [2.45, 2.75) is 77.5 Å². The van der Waals surface area contributed by atoms with E-state index in [1.54, 1.807) is 13.2 Å². The lowest BCUT2D eigenvalue weighted by atomic mass is 9.94. The van der Waals surface area contributed by atoms with Gasteiger partial charge in [-0.15, -0.1) is 24.0 Å². The summed E-state index contributed by atoms with van der Waals surface area (Å²) in [6.07, 6.45) is 8.43. The van der Waals surface area contributed by atoms with Crippen molar-refractivity contribution in [1.29, 1.82) is 0 Å². The van der Waals surface area contributed by atoms with Gasteiger partial charge in [0.05, 0.1) is 18.8 Å². The van der Waals surface area contributed by atoms with Crippen molar-refractivity contribution in [2.75, 3.05) is 7.05 Å². The van der Waals surface area contributed by atoms with Gasteiger partial charge in [-0.25, -0.2) is 4.98 Å². The molecule has 0 amide bonds. The van der Waals surface area contributed by atoms with Gasteiger partial charge in [-0.2, -0.15) is 0 Å². The summed E-state index contributed by atoms with van der Waals surface area (Å²) in [7, 11) is 1.76. The molecule has 166 valence electrons. The number of oxazole rings is 1. The third-order valence-electron chi connectivity index (χ3n) is 5.16. The van der Waals surface area contributed by atoms with E-state index in [1.807, 2.05) is 0 Å². The van der Waals surface area contributed by atoms with Crippen LogP contribution in [-0.4, -0.2) is 24.1 Å². The van der Waals surface area contributed by atoms with Crippen molar-refractivity contribution in [3.8, 4) is 5.75 Å². The monoisotopic (exact) mass is 526 g/mol. The van der Waals surface area contributed by atoms with Crippen LogP contribution >= 0.6 is 24.0 Å². The van der Waals surface area contributed by atoms with E-state index in [0.29, 0.717) is 31.0 Å². The third kappa shape index (κ3) is 7.49. The van der Waals surface area contributed by atoms with Crippen molar-refractivity contribution in [3.05, 3.63) is 47.7 Å². The molecule has 6 nitrogen and oxygen atoms in total. The Morgan fingerprint density at radius 2 is 1.77 bits per heavy atom. The van der Waals surface area contributed by atoms with Gasteiger partial charge in [-0.05, 0) is 43.4 Å². The molecule has 0 unspecified atom stereocenters. The predicted octanol–water partition coefficient (Wildman–Crippen LogP) is 5.17. The molecule has 0 bridgehead atoms. The maximum absolute atomic E-state index is 6.10. The van der Waals surface area contributed by atoms with E-state index < -0.39 is 0 Å². The van der Waals surface area contributed by atoms with Gasteiger partial charge < -0.3 is 19.8 Å². The number of aromatic nitrogens is 1. The standard InChI is InChI=1S/C23H34N4O2.HI/c1-23(2,3)20-15-25-21(29-20)16-27-22(24-4)26-14-17-10-12-19(13-11-17)28-18-8-6-5-7-9-18;/h10-13,15,18H,5-9,14,16H2,1-4H3,(H2,24,26,27);1H. The lowest BCUT2D eigenvalue weighted by molar-refractivity contribution is 0.155. The van der Waals surface area contributed by atoms with Gasteiger partial charge in [0, 0.05) is 19.0 Å². The highest BCUT2D eigenvalue weighted by atomic mass is 127. The number of guanidine groups is 1. The first-order chi connectivity index (χ1) is 13.9. The molecule has 0 atom stereocenters. The van der Waals surface area contributed by atoms with Gasteiger partial charge in [0.2, 0.25) is 5.89 Å². The molecule has 1 heterocycles. The zero-order valence-corrected chi connectivity index (χ0v) is 20.9. The van der Waals surface area contributed by atoms with Crippen molar-refractivity contribution in [2.24, 2.45) is 4.99 Å². The summed E-state index contributed by atoms with van der Waals surface area (Å²) >= 11 is 0. The summed E-state index contributed by atoms with van der Waals surface area (Å²) in [5, 5.41) is 6.57. The van der Waals surface area contributed by atoms with E-state index in [9.17, 15) is 0 Å². The minimum atomic E-state index is -0.0436. The van der Waals surface area contributed by atoms with Crippen molar-refractivity contribution >= 4 is 29.9 Å². The average molecular weight is 526 g/mol. The van der Waals surface area contributed by atoms with Gasteiger partial charge in [0.15, 0.2) is 5.96 Å². The SMILES string of the molecule is CN=C(NCc1ccc(OC2CCCCC2)cc1)NCc1ncc(C(C)(C)C)o1.I. The van der Waals surface area contributed by atoms with Crippen molar-refractivity contribution in [1.82, 2.24) is 15.6 Å². The molecular weight excluding hydrogens is 491 g/mol. The third-order valence-corrected chi connectivity index (χ3v) is 5.16. The quantitative estimate of drug-likeness (QED) is 0.309. The van der Waals surface area contributed by atoms with Crippen LogP contribution < -0.4 is 15.4 Å². The first-order valence-corrected chi connectivity index (χ1v) is 10.6. The average Bonchev–Trinajstić information content (AvgIpc) is 3.20. The molecule has 7 heteroatoms. The Hall–Kier alpha value is -1.77. The first-order valence-electron chi connectivity index (χ1n) is 10.6. The minimum Gasteiger partial charge on any atom is -0.490 e. The molecule has 1 fully saturated rings. The molecule has 1 saturated carbocycles. The number of aliphatic imine (C=N–C) groups is 1. The van der Waals surface area contributed by atoms with Gasteiger partial charge in [-0.1, -0.05) is 39.3 Å². The molecule has 0 aliphatic heterocycles. The van der Waals surface area contributed by atoms with E-state index in [2.05, 4.69) is 65.6 Å². The van der Waals surface area contributed by atoms with Crippen LogP contribution in [0.4, 0.5) is 0 Å². The number of nitrogens with one attached hydrogen (secondary N) is 2. The maximum atomic E-state index is 6.10. The Morgan fingerprint density at radius 3 is 2.37 bits per heavy atom. The highest BCUT2D eigenvalue weighted by Crippen LogP contribution is 2.24. The largest absolute Gasteiger partial charge is 0.490 e. The number of hydrogen-bond donors (Lipinski definition) is 2. The van der Waals surface area contributed by atoms with E-state index in [4.69, 9.17) is 9.15 Å². The molecule has 0 radical (unpaired) electrons. The fourth-order valence-electron chi connectivity index (χ4n) is 3.37. The van der Waals surface area contributed by atoms with Crippen LogP contribution in [0, 0.1) is 0 Å². The molecule has 1 aromatic heterocycles. The minimum absolute atomic E-state index is 0. The Labute approximate surface area is 197 Å². The molecule has 0 spiro atoms. The lowest BCUT2D eigenvalue weighted by Crippen LogP contribution is -2.36. The van der Waals surface area contributed by atoms with Gasteiger partial charge >= 0.3 is 0 Å². The van der Waals surface area contributed by atoms with Gasteiger partial charge in [0.25, 0.3) is 0 Å². The molecule has 1 aromatic carbocycles. The summed E-state index contributed by atoms with van der Waals surface area (Å²) in [5.41, 5.74) is 1.13. The van der Waals surface area contributed by atoms with Crippen LogP contribution in [0.15, 0.2) is 39.9 Å². The normalized spacial score (nSPS) is 15.4. The highest BCUT2D eigenvalue weighted by Gasteiger charge is 2.19. The van der Waals surface area contributed by atoms with Crippen LogP contribution in [0.3, 0.4) is 0 Å². The Bertz CT molecular complexity index is 790. The Kier molecular flexibility index (Phi) is 9.45.